The summed E-state index contributed by atoms with van der Waals surface area (Å²) in [5.41, 5.74) is 0.505. The molecule has 0 spiro atoms. The topological polar surface area (TPSA) is 76.9 Å². The van der Waals surface area contributed by atoms with E-state index in [1.54, 1.807) is 12.3 Å². The summed E-state index contributed by atoms with van der Waals surface area (Å²) in [4.78, 5) is 31.1. The molecule has 18 heavy (non-hydrogen) atoms. The fourth-order valence-electron chi connectivity index (χ4n) is 1.60. The first-order chi connectivity index (χ1) is 8.52. The summed E-state index contributed by atoms with van der Waals surface area (Å²) in [5, 5.41) is 3.80. The molecule has 2 aromatic heterocycles. The van der Waals surface area contributed by atoms with Gasteiger partial charge in [0, 0.05) is 20.0 Å². The number of carbonyl (C=O) groups excluding carboxylic acids is 2. The van der Waals surface area contributed by atoms with Crippen LogP contribution in [0, 0.1) is 0 Å². The minimum atomic E-state index is -0.211. The molecule has 94 valence electrons. The van der Waals surface area contributed by atoms with E-state index in [1.165, 1.54) is 30.2 Å². The van der Waals surface area contributed by atoms with Crippen LogP contribution in [0.5, 0.6) is 0 Å². The van der Waals surface area contributed by atoms with Gasteiger partial charge >= 0.3 is 0 Å². The summed E-state index contributed by atoms with van der Waals surface area (Å²) in [6, 6.07) is 1.71. The Hall–Kier alpha value is -1.89. The Morgan fingerprint density at radius 2 is 2.06 bits per heavy atom. The average molecular weight is 264 g/mol. The van der Waals surface area contributed by atoms with Gasteiger partial charge in [0.25, 0.3) is 0 Å². The number of carbonyl (C=O) groups is 2. The second-order valence-electron chi connectivity index (χ2n) is 3.68. The minimum Gasteiger partial charge on any atom is -0.310 e. The Balaban J connectivity index is 2.69. The van der Waals surface area contributed by atoms with E-state index in [0.29, 0.717) is 22.0 Å². The number of aromatic nitrogens is 3. The van der Waals surface area contributed by atoms with Crippen LogP contribution in [0.1, 0.15) is 18.6 Å². The van der Waals surface area contributed by atoms with E-state index in [9.17, 15) is 9.59 Å². The summed E-state index contributed by atoms with van der Waals surface area (Å²) >= 11 is 1.35. The van der Waals surface area contributed by atoms with Gasteiger partial charge in [-0.2, -0.15) is 0 Å². The molecule has 1 N–H and O–H groups in total. The lowest BCUT2D eigenvalue weighted by molar-refractivity contribution is -0.114. The van der Waals surface area contributed by atoms with Crippen molar-refractivity contribution in [1.82, 2.24) is 14.5 Å². The van der Waals surface area contributed by atoms with E-state index >= 15 is 0 Å². The molecule has 0 radical (unpaired) electrons. The fourth-order valence-corrected chi connectivity index (χ4v) is 1.96. The first-order valence-corrected chi connectivity index (χ1v) is 6.47. The lowest BCUT2D eigenvalue weighted by Crippen LogP contribution is -2.10. The number of anilines is 1. The normalized spacial score (nSPS) is 10.6. The van der Waals surface area contributed by atoms with Crippen LogP contribution < -0.4 is 5.32 Å². The summed E-state index contributed by atoms with van der Waals surface area (Å²) in [6.07, 6.45) is 3.46. The van der Waals surface area contributed by atoms with E-state index in [-0.39, 0.29) is 11.8 Å². The molecule has 2 rings (SSSR count). The standard InChI is InChI=1S/C11H12N4O2S/c1-6(16)12-9-8-4-5-15(7(2)17)10(8)14-11(13-9)18-3/h4-5H,1-3H3,(H,12,13,14,16). The molecule has 0 aliphatic rings. The third-order valence-electron chi connectivity index (χ3n) is 2.34. The first-order valence-electron chi connectivity index (χ1n) is 5.24. The summed E-state index contributed by atoms with van der Waals surface area (Å²) < 4.78 is 1.43. The summed E-state index contributed by atoms with van der Waals surface area (Å²) in [7, 11) is 0. The van der Waals surface area contributed by atoms with E-state index in [0.717, 1.165) is 0 Å². The molecule has 0 aliphatic heterocycles. The third-order valence-corrected chi connectivity index (χ3v) is 2.89. The molecule has 1 amide bonds. The number of fused-ring (bicyclic) bond motifs is 1. The van der Waals surface area contributed by atoms with Crippen LogP contribution >= 0.6 is 11.8 Å². The number of nitrogens with zero attached hydrogens (tertiary/aromatic N) is 3. The van der Waals surface area contributed by atoms with Crippen molar-refractivity contribution in [1.29, 1.82) is 0 Å². The Morgan fingerprint density at radius 1 is 1.33 bits per heavy atom. The molecular weight excluding hydrogens is 252 g/mol. The summed E-state index contributed by atoms with van der Waals surface area (Å²) in [6.45, 7) is 2.87. The Bertz CT molecular complexity index is 635. The fraction of sp³-hybridized carbons (Fsp3) is 0.273. The first kappa shape index (κ1) is 12.6. The quantitative estimate of drug-likeness (QED) is 0.660. The van der Waals surface area contributed by atoms with Gasteiger partial charge in [-0.15, -0.1) is 0 Å². The highest BCUT2D eigenvalue weighted by Gasteiger charge is 2.13. The average Bonchev–Trinajstić information content (AvgIpc) is 2.71. The highest BCUT2D eigenvalue weighted by Crippen LogP contribution is 2.24. The van der Waals surface area contributed by atoms with Crippen LogP contribution in [0.3, 0.4) is 0 Å². The van der Waals surface area contributed by atoms with Crippen LogP contribution in [0.2, 0.25) is 0 Å². The van der Waals surface area contributed by atoms with Gasteiger partial charge in [-0.3, -0.25) is 14.2 Å². The van der Waals surface area contributed by atoms with Crippen molar-refractivity contribution in [3.63, 3.8) is 0 Å². The SMILES string of the molecule is CSc1nc(NC(C)=O)c2ccn(C(C)=O)c2n1. The van der Waals surface area contributed by atoms with E-state index in [1.807, 2.05) is 6.26 Å². The van der Waals surface area contributed by atoms with Crippen molar-refractivity contribution < 1.29 is 9.59 Å². The number of thioether (sulfide) groups is 1. The van der Waals surface area contributed by atoms with Crippen molar-refractivity contribution in [3.05, 3.63) is 12.3 Å². The maximum atomic E-state index is 11.5. The molecular formula is C11H12N4O2S. The van der Waals surface area contributed by atoms with Crippen molar-refractivity contribution in [2.45, 2.75) is 19.0 Å². The number of nitrogens with one attached hydrogen (secondary N) is 1. The lowest BCUT2D eigenvalue weighted by Gasteiger charge is -2.06. The predicted octanol–water partition coefficient (Wildman–Crippen LogP) is 1.77. The summed E-state index contributed by atoms with van der Waals surface area (Å²) in [5.74, 6) is 0.0824. The van der Waals surface area contributed by atoms with Crippen LogP contribution in [-0.2, 0) is 4.79 Å². The number of hydrogen-bond acceptors (Lipinski definition) is 5. The second kappa shape index (κ2) is 4.77. The predicted molar refractivity (Wildman–Crippen MR) is 69.9 cm³/mol. The zero-order valence-electron chi connectivity index (χ0n) is 10.2. The molecule has 0 saturated heterocycles. The molecule has 0 saturated carbocycles. The maximum Gasteiger partial charge on any atom is 0.229 e. The molecule has 2 heterocycles. The van der Waals surface area contributed by atoms with Crippen molar-refractivity contribution in [2.75, 3.05) is 11.6 Å². The van der Waals surface area contributed by atoms with Gasteiger partial charge in [0.1, 0.15) is 5.82 Å². The van der Waals surface area contributed by atoms with Gasteiger partial charge in [-0.1, -0.05) is 11.8 Å². The lowest BCUT2D eigenvalue weighted by atomic mass is 10.4. The smallest absolute Gasteiger partial charge is 0.229 e. The van der Waals surface area contributed by atoms with E-state index in [4.69, 9.17) is 0 Å². The Labute approximate surface area is 108 Å². The molecule has 0 fully saturated rings. The van der Waals surface area contributed by atoms with Gasteiger partial charge in [-0.05, 0) is 12.3 Å². The largest absolute Gasteiger partial charge is 0.310 e. The van der Waals surface area contributed by atoms with Gasteiger partial charge in [0.05, 0.1) is 5.39 Å². The van der Waals surface area contributed by atoms with Crippen molar-refractivity contribution in [2.24, 2.45) is 0 Å². The zero-order chi connectivity index (χ0) is 13.3. The Kier molecular flexibility index (Phi) is 3.33. The zero-order valence-corrected chi connectivity index (χ0v) is 11.0. The molecule has 6 nitrogen and oxygen atoms in total. The monoisotopic (exact) mass is 264 g/mol. The molecule has 0 aromatic carbocycles. The number of rotatable bonds is 2. The molecule has 0 aliphatic carbocycles. The van der Waals surface area contributed by atoms with Crippen LogP contribution in [0.4, 0.5) is 5.82 Å². The molecule has 0 unspecified atom stereocenters. The van der Waals surface area contributed by atoms with Crippen LogP contribution in [-0.4, -0.2) is 32.6 Å². The van der Waals surface area contributed by atoms with Gasteiger partial charge < -0.3 is 5.32 Å². The van der Waals surface area contributed by atoms with Crippen molar-refractivity contribution in [3.8, 4) is 0 Å². The third kappa shape index (κ3) is 2.21. The van der Waals surface area contributed by atoms with Crippen molar-refractivity contribution >= 4 is 40.4 Å². The van der Waals surface area contributed by atoms with Gasteiger partial charge in [-0.25, -0.2) is 9.97 Å². The number of hydrogen-bond donors (Lipinski definition) is 1. The van der Waals surface area contributed by atoms with Gasteiger partial charge in [0.2, 0.25) is 11.8 Å². The highest BCUT2D eigenvalue weighted by molar-refractivity contribution is 7.98. The molecule has 0 bridgehead atoms. The number of amides is 1. The van der Waals surface area contributed by atoms with E-state index < -0.39 is 0 Å². The van der Waals surface area contributed by atoms with Crippen LogP contribution in [0.15, 0.2) is 17.4 Å². The maximum absolute atomic E-state index is 11.5. The highest BCUT2D eigenvalue weighted by atomic mass is 32.2. The minimum absolute atomic E-state index is 0.135. The van der Waals surface area contributed by atoms with E-state index in [2.05, 4.69) is 15.3 Å². The Morgan fingerprint density at radius 3 is 2.61 bits per heavy atom. The molecule has 7 heteroatoms. The molecule has 0 atom stereocenters. The van der Waals surface area contributed by atoms with Gasteiger partial charge in [0.15, 0.2) is 10.8 Å². The second-order valence-corrected chi connectivity index (χ2v) is 4.46. The molecule has 2 aromatic rings. The van der Waals surface area contributed by atoms with Crippen LogP contribution in [0.25, 0.3) is 11.0 Å².